The first-order valence-corrected chi connectivity index (χ1v) is 11.2. The van der Waals surface area contributed by atoms with Crippen molar-refractivity contribution < 1.29 is 9.53 Å². The fourth-order valence-corrected chi connectivity index (χ4v) is 3.36. The molecule has 0 spiro atoms. The van der Waals surface area contributed by atoms with E-state index in [1.165, 1.54) is 5.56 Å². The second-order valence-corrected chi connectivity index (χ2v) is 8.00. The fraction of sp³-hybridized carbons (Fsp3) is 0.320. The molecule has 4 rings (SSSR count). The molecule has 0 unspecified atom stereocenters. The zero-order valence-electron chi connectivity index (χ0n) is 19.2. The Morgan fingerprint density at radius 1 is 1.12 bits per heavy atom. The highest BCUT2D eigenvalue weighted by molar-refractivity contribution is 14.0. The van der Waals surface area contributed by atoms with E-state index in [-0.39, 0.29) is 36.5 Å². The summed E-state index contributed by atoms with van der Waals surface area (Å²) < 4.78 is 7.47. The summed E-state index contributed by atoms with van der Waals surface area (Å²) in [5, 5.41) is 13.8. The maximum atomic E-state index is 11.8. The van der Waals surface area contributed by atoms with Gasteiger partial charge in [-0.2, -0.15) is 5.10 Å². The minimum absolute atomic E-state index is 0. The van der Waals surface area contributed by atoms with Gasteiger partial charge in [-0.3, -0.25) is 9.79 Å². The van der Waals surface area contributed by atoms with Gasteiger partial charge >= 0.3 is 0 Å². The Balaban J connectivity index is 0.00000324. The summed E-state index contributed by atoms with van der Waals surface area (Å²) in [5.41, 5.74) is 3.33. The van der Waals surface area contributed by atoms with Crippen molar-refractivity contribution >= 4 is 35.8 Å². The van der Waals surface area contributed by atoms with Crippen LogP contribution in [0.1, 0.15) is 24.0 Å². The number of rotatable bonds is 10. The number of carbonyl (C=O) groups is 1. The molecule has 0 bridgehead atoms. The van der Waals surface area contributed by atoms with Crippen molar-refractivity contribution in [1.82, 2.24) is 25.7 Å². The highest BCUT2D eigenvalue weighted by Crippen LogP contribution is 2.18. The first-order valence-electron chi connectivity index (χ1n) is 11.2. The predicted molar refractivity (Wildman–Crippen MR) is 144 cm³/mol. The Bertz CT molecular complexity index is 1070. The van der Waals surface area contributed by atoms with Gasteiger partial charge in [0.2, 0.25) is 0 Å². The number of hydrogen-bond donors (Lipinski definition) is 3. The zero-order valence-corrected chi connectivity index (χ0v) is 21.6. The smallest absolute Gasteiger partial charge is 0.258 e. The van der Waals surface area contributed by atoms with Crippen LogP contribution in [0.25, 0.3) is 5.69 Å². The third-order valence-corrected chi connectivity index (χ3v) is 5.31. The molecule has 1 aliphatic rings. The lowest BCUT2D eigenvalue weighted by atomic mass is 10.1. The largest absolute Gasteiger partial charge is 0.484 e. The van der Waals surface area contributed by atoms with Gasteiger partial charge in [0.25, 0.3) is 5.91 Å². The monoisotopic (exact) mass is 574 g/mol. The number of benzene rings is 2. The number of carbonyl (C=O) groups excluding carboxylic acids is 1. The molecule has 9 heteroatoms. The van der Waals surface area contributed by atoms with E-state index < -0.39 is 0 Å². The summed E-state index contributed by atoms with van der Waals surface area (Å²) >= 11 is 0. The Morgan fingerprint density at radius 2 is 1.94 bits per heavy atom. The molecule has 34 heavy (non-hydrogen) atoms. The number of aromatic nitrogens is 2. The van der Waals surface area contributed by atoms with Crippen LogP contribution in [0.4, 0.5) is 0 Å². The third kappa shape index (κ3) is 8.05. The van der Waals surface area contributed by atoms with Crippen LogP contribution < -0.4 is 20.7 Å². The van der Waals surface area contributed by atoms with Crippen LogP contribution in [0.2, 0.25) is 0 Å². The lowest BCUT2D eigenvalue weighted by Gasteiger charge is -2.13. The summed E-state index contributed by atoms with van der Waals surface area (Å²) in [6, 6.07) is 18.4. The van der Waals surface area contributed by atoms with Gasteiger partial charge in [0.05, 0.1) is 5.69 Å². The van der Waals surface area contributed by atoms with E-state index >= 15 is 0 Å². The molecule has 1 aromatic heterocycles. The minimum atomic E-state index is -0.0679. The SMILES string of the molecule is CN=C(NCCc1ccc(-n2cccn2)cc1)NCc1cccc(OCC(=O)NC2CC2)c1.I. The number of nitrogens with one attached hydrogen (secondary N) is 3. The van der Waals surface area contributed by atoms with Crippen LogP contribution in [0.15, 0.2) is 72.0 Å². The van der Waals surface area contributed by atoms with Crippen molar-refractivity contribution in [3.63, 3.8) is 0 Å². The van der Waals surface area contributed by atoms with Crippen LogP contribution in [0.5, 0.6) is 5.75 Å². The van der Waals surface area contributed by atoms with Crippen LogP contribution in [-0.4, -0.2) is 47.9 Å². The van der Waals surface area contributed by atoms with Crippen LogP contribution in [-0.2, 0) is 17.8 Å². The van der Waals surface area contributed by atoms with Crippen molar-refractivity contribution in [2.45, 2.75) is 31.8 Å². The van der Waals surface area contributed by atoms with E-state index in [2.05, 4.69) is 50.3 Å². The van der Waals surface area contributed by atoms with Gasteiger partial charge in [-0.1, -0.05) is 24.3 Å². The third-order valence-electron chi connectivity index (χ3n) is 5.31. The number of guanidine groups is 1. The Morgan fingerprint density at radius 3 is 2.65 bits per heavy atom. The molecule has 3 aromatic rings. The second kappa shape index (κ2) is 13.0. The van der Waals surface area contributed by atoms with Gasteiger partial charge in [0.1, 0.15) is 5.75 Å². The first kappa shape index (κ1) is 25.5. The molecule has 1 aliphatic carbocycles. The lowest BCUT2D eigenvalue weighted by Crippen LogP contribution is -2.37. The molecule has 0 saturated heterocycles. The van der Waals surface area contributed by atoms with Gasteiger partial charge in [-0.15, -0.1) is 24.0 Å². The van der Waals surface area contributed by atoms with E-state index in [9.17, 15) is 4.79 Å². The van der Waals surface area contributed by atoms with E-state index in [0.717, 1.165) is 43.0 Å². The Hall–Kier alpha value is -3.08. The second-order valence-electron chi connectivity index (χ2n) is 8.00. The highest BCUT2D eigenvalue weighted by atomic mass is 127. The maximum absolute atomic E-state index is 11.8. The quantitative estimate of drug-likeness (QED) is 0.197. The van der Waals surface area contributed by atoms with Gasteiger partial charge < -0.3 is 20.7 Å². The molecule has 180 valence electrons. The van der Waals surface area contributed by atoms with Gasteiger partial charge in [-0.05, 0) is 60.7 Å². The van der Waals surface area contributed by atoms with Crippen molar-refractivity contribution in [3.05, 3.63) is 78.1 Å². The van der Waals surface area contributed by atoms with Gasteiger partial charge in [0, 0.05) is 38.6 Å². The summed E-state index contributed by atoms with van der Waals surface area (Å²) in [4.78, 5) is 16.1. The molecular weight excluding hydrogens is 543 g/mol. The summed E-state index contributed by atoms with van der Waals surface area (Å²) in [6.07, 6.45) is 6.72. The number of nitrogens with zero attached hydrogens (tertiary/aromatic N) is 3. The molecule has 1 amide bonds. The number of ether oxygens (including phenoxy) is 1. The summed E-state index contributed by atoms with van der Waals surface area (Å²) in [7, 11) is 1.76. The molecule has 0 atom stereocenters. The maximum Gasteiger partial charge on any atom is 0.258 e. The minimum Gasteiger partial charge on any atom is -0.484 e. The molecular formula is C25H31IN6O2. The molecule has 1 fully saturated rings. The molecule has 1 saturated carbocycles. The number of amides is 1. The average Bonchev–Trinajstić information content (AvgIpc) is 3.48. The fourth-order valence-electron chi connectivity index (χ4n) is 3.36. The number of aliphatic imine (C=N–C) groups is 1. The predicted octanol–water partition coefficient (Wildman–Crippen LogP) is 3.06. The Kier molecular flexibility index (Phi) is 9.75. The summed E-state index contributed by atoms with van der Waals surface area (Å²) in [6.45, 7) is 1.41. The van der Waals surface area contributed by atoms with Crippen molar-refractivity contribution in [2.24, 2.45) is 4.99 Å². The average molecular weight is 574 g/mol. The van der Waals surface area contributed by atoms with Gasteiger partial charge in [-0.25, -0.2) is 4.68 Å². The van der Waals surface area contributed by atoms with Crippen LogP contribution in [0, 0.1) is 0 Å². The number of halogens is 1. The van der Waals surface area contributed by atoms with E-state index in [1.54, 1.807) is 13.2 Å². The van der Waals surface area contributed by atoms with Crippen molar-refractivity contribution in [2.75, 3.05) is 20.2 Å². The topological polar surface area (TPSA) is 92.6 Å². The lowest BCUT2D eigenvalue weighted by molar-refractivity contribution is -0.123. The van der Waals surface area contributed by atoms with Crippen LogP contribution in [0.3, 0.4) is 0 Å². The molecule has 8 nitrogen and oxygen atoms in total. The molecule has 0 radical (unpaired) electrons. The standard InChI is InChI=1S/C25H30N6O2.HI/c1-26-25(27-14-12-19-6-10-22(11-7-19)31-15-3-13-29-31)28-17-20-4-2-5-23(16-20)33-18-24(32)30-21-8-9-21;/h2-7,10-11,13,15-16,21H,8-9,12,14,17-18H2,1H3,(H,30,32)(H2,26,27,28);1H. The molecule has 0 aliphatic heterocycles. The molecule has 2 aromatic carbocycles. The first-order chi connectivity index (χ1) is 16.2. The van der Waals surface area contributed by atoms with Crippen LogP contribution >= 0.6 is 24.0 Å². The normalized spacial score (nSPS) is 13.0. The highest BCUT2D eigenvalue weighted by Gasteiger charge is 2.23. The van der Waals surface area contributed by atoms with E-state index in [0.29, 0.717) is 18.3 Å². The molecule has 1 heterocycles. The van der Waals surface area contributed by atoms with E-state index in [1.807, 2.05) is 41.2 Å². The van der Waals surface area contributed by atoms with E-state index in [4.69, 9.17) is 4.74 Å². The molecule has 3 N–H and O–H groups in total. The Labute approximate surface area is 217 Å². The van der Waals surface area contributed by atoms with Gasteiger partial charge in [0.15, 0.2) is 12.6 Å². The number of hydrogen-bond acceptors (Lipinski definition) is 4. The summed E-state index contributed by atoms with van der Waals surface area (Å²) in [5.74, 6) is 1.35. The van der Waals surface area contributed by atoms with Crippen molar-refractivity contribution in [1.29, 1.82) is 0 Å². The van der Waals surface area contributed by atoms with Crippen molar-refractivity contribution in [3.8, 4) is 11.4 Å². The zero-order chi connectivity index (χ0) is 22.9.